The van der Waals surface area contributed by atoms with Crippen LogP contribution < -0.4 is 10.2 Å². The Balaban J connectivity index is 1.52. The number of anilines is 2. The predicted octanol–water partition coefficient (Wildman–Crippen LogP) is 4.33. The molecule has 1 saturated heterocycles. The molecule has 1 aromatic carbocycles. The average Bonchev–Trinajstić information content (AvgIpc) is 3.36. The third-order valence-electron chi connectivity index (χ3n) is 4.84. The highest BCUT2D eigenvalue weighted by Crippen LogP contribution is 2.28. The molecule has 3 heterocycles. The zero-order valence-electron chi connectivity index (χ0n) is 16.7. The zero-order valence-corrected chi connectivity index (χ0v) is 17.5. The zero-order chi connectivity index (χ0) is 21.3. The number of cyclic esters (lactones) is 1. The van der Waals surface area contributed by atoms with Crippen molar-refractivity contribution in [2.75, 3.05) is 16.8 Å². The van der Waals surface area contributed by atoms with Crippen LogP contribution in [0.1, 0.15) is 32.7 Å². The van der Waals surface area contributed by atoms with Crippen LogP contribution in [0.4, 0.5) is 16.6 Å². The van der Waals surface area contributed by atoms with Crippen molar-refractivity contribution < 1.29 is 14.1 Å². The molecule has 3 aromatic rings. The van der Waals surface area contributed by atoms with Crippen LogP contribution in [0, 0.1) is 5.92 Å². The molecule has 9 nitrogen and oxygen atoms in total. The molecule has 0 saturated carbocycles. The molecule has 30 heavy (non-hydrogen) atoms. The van der Waals surface area contributed by atoms with Crippen LogP contribution in [0.3, 0.4) is 0 Å². The molecule has 4 rings (SSSR count). The van der Waals surface area contributed by atoms with Crippen molar-refractivity contribution in [2.45, 2.75) is 32.9 Å². The van der Waals surface area contributed by atoms with E-state index in [-0.39, 0.29) is 18.0 Å². The molecule has 1 N–H and O–H groups in total. The number of aromatic nitrogens is 4. The minimum absolute atomic E-state index is 0.0770. The second-order valence-electron chi connectivity index (χ2n) is 7.30. The number of carbonyl (C=O) groups excluding carboxylic acids is 1. The first-order chi connectivity index (χ1) is 14.4. The fraction of sp³-hybridized carbons (Fsp3) is 0.350. The molecule has 1 fully saturated rings. The third-order valence-corrected chi connectivity index (χ3v) is 5.17. The lowest BCUT2D eigenvalue weighted by atomic mass is 10.0. The summed E-state index contributed by atoms with van der Waals surface area (Å²) >= 11 is 6.20. The van der Waals surface area contributed by atoms with Crippen molar-refractivity contribution in [2.24, 2.45) is 5.92 Å². The Bertz CT molecular complexity index is 1060. The topological polar surface area (TPSA) is 106 Å². The fourth-order valence-corrected chi connectivity index (χ4v) is 3.38. The molecule has 1 unspecified atom stereocenters. The average molecular weight is 429 g/mol. The van der Waals surface area contributed by atoms with Crippen LogP contribution in [0.2, 0.25) is 5.02 Å². The number of carbonyl (C=O) groups is 1. The molecule has 0 spiro atoms. The summed E-state index contributed by atoms with van der Waals surface area (Å²) in [7, 11) is 0. The molecule has 1 aliphatic heterocycles. The van der Waals surface area contributed by atoms with Gasteiger partial charge >= 0.3 is 6.09 Å². The molecule has 0 bridgehead atoms. The minimum atomic E-state index is -0.410. The highest BCUT2D eigenvalue weighted by Gasteiger charge is 2.37. The van der Waals surface area contributed by atoms with Crippen LogP contribution >= 0.6 is 11.6 Å². The normalized spacial score (nSPS) is 17.3. The Hall–Kier alpha value is -3.20. The van der Waals surface area contributed by atoms with Crippen molar-refractivity contribution in [3.8, 4) is 11.4 Å². The Morgan fingerprint density at radius 2 is 2.00 bits per heavy atom. The largest absolute Gasteiger partial charge is 0.447 e. The van der Waals surface area contributed by atoms with Crippen LogP contribution in [0.25, 0.3) is 11.4 Å². The van der Waals surface area contributed by atoms with Crippen molar-refractivity contribution in [3.63, 3.8) is 0 Å². The first-order valence-electron chi connectivity index (χ1n) is 9.58. The van der Waals surface area contributed by atoms with Gasteiger partial charge in [-0.3, -0.25) is 4.90 Å². The van der Waals surface area contributed by atoms with E-state index in [1.807, 2.05) is 39.0 Å². The van der Waals surface area contributed by atoms with E-state index in [0.717, 1.165) is 0 Å². The van der Waals surface area contributed by atoms with Crippen molar-refractivity contribution in [1.82, 2.24) is 20.1 Å². The van der Waals surface area contributed by atoms with Gasteiger partial charge in [0.05, 0.1) is 11.1 Å². The summed E-state index contributed by atoms with van der Waals surface area (Å²) in [5.41, 5.74) is 0.687. The SMILES string of the molecule is CC(C)C1COC(=O)N1c1ccnc(N[C@@H](C)c2nc(-c3ccccc3Cl)no2)n1. The standard InChI is InChI=1S/C20H21ClN6O3/c1-11(2)15-10-29-20(28)27(15)16-8-9-22-19(24-16)23-12(3)18-25-17(26-30-18)13-6-4-5-7-14(13)21/h4-9,11-12,15H,10H2,1-3H3,(H,22,23,24)/t12-,15?/m0/s1. The summed E-state index contributed by atoms with van der Waals surface area (Å²) in [6, 6.07) is 8.51. The van der Waals surface area contributed by atoms with Crippen LogP contribution in [-0.4, -0.2) is 38.9 Å². The van der Waals surface area contributed by atoms with Gasteiger partial charge in [0.25, 0.3) is 0 Å². The number of amides is 1. The highest BCUT2D eigenvalue weighted by atomic mass is 35.5. The van der Waals surface area contributed by atoms with Gasteiger partial charge in [0.2, 0.25) is 17.7 Å². The first kappa shape index (κ1) is 20.1. The molecule has 1 amide bonds. The molecule has 2 atom stereocenters. The van der Waals surface area contributed by atoms with E-state index in [9.17, 15) is 4.79 Å². The predicted molar refractivity (Wildman–Crippen MR) is 111 cm³/mol. The number of halogens is 1. The van der Waals surface area contributed by atoms with Crippen molar-refractivity contribution in [1.29, 1.82) is 0 Å². The number of nitrogens with zero attached hydrogens (tertiary/aromatic N) is 5. The lowest BCUT2D eigenvalue weighted by molar-refractivity contribution is 0.177. The molecular formula is C20H21ClN6O3. The number of hydrogen-bond donors (Lipinski definition) is 1. The summed E-state index contributed by atoms with van der Waals surface area (Å²) in [5, 5.41) is 7.68. The summed E-state index contributed by atoms with van der Waals surface area (Å²) in [5.74, 6) is 1.80. The van der Waals surface area contributed by atoms with E-state index in [2.05, 4.69) is 25.4 Å². The fourth-order valence-electron chi connectivity index (χ4n) is 3.16. The number of hydrogen-bond acceptors (Lipinski definition) is 8. The van der Waals surface area contributed by atoms with Crippen molar-refractivity contribution in [3.05, 3.63) is 47.4 Å². The van der Waals surface area contributed by atoms with Gasteiger partial charge in [-0.15, -0.1) is 0 Å². The maximum atomic E-state index is 12.2. The van der Waals surface area contributed by atoms with Gasteiger partial charge in [-0.05, 0) is 31.0 Å². The molecular weight excluding hydrogens is 408 g/mol. The quantitative estimate of drug-likeness (QED) is 0.618. The van der Waals surface area contributed by atoms with E-state index < -0.39 is 6.09 Å². The highest BCUT2D eigenvalue weighted by molar-refractivity contribution is 6.33. The van der Waals surface area contributed by atoms with E-state index in [1.54, 1.807) is 23.2 Å². The number of benzene rings is 1. The second kappa shape index (κ2) is 8.27. The summed E-state index contributed by atoms with van der Waals surface area (Å²) in [4.78, 5) is 26.9. The second-order valence-corrected chi connectivity index (χ2v) is 7.71. The monoisotopic (exact) mass is 428 g/mol. The van der Waals surface area contributed by atoms with E-state index in [4.69, 9.17) is 20.9 Å². The van der Waals surface area contributed by atoms with Crippen LogP contribution in [0.15, 0.2) is 41.1 Å². The Morgan fingerprint density at radius 1 is 1.20 bits per heavy atom. The van der Waals surface area contributed by atoms with Crippen LogP contribution in [0.5, 0.6) is 0 Å². The molecule has 10 heteroatoms. The third kappa shape index (κ3) is 3.93. The Morgan fingerprint density at radius 3 is 2.77 bits per heavy atom. The summed E-state index contributed by atoms with van der Waals surface area (Å²) < 4.78 is 10.6. The summed E-state index contributed by atoms with van der Waals surface area (Å²) in [6.07, 6.45) is 1.18. The number of rotatable bonds is 6. The van der Waals surface area contributed by atoms with Gasteiger partial charge in [-0.25, -0.2) is 9.78 Å². The van der Waals surface area contributed by atoms with Gasteiger partial charge in [-0.1, -0.05) is 42.7 Å². The molecule has 0 radical (unpaired) electrons. The van der Waals surface area contributed by atoms with Gasteiger partial charge in [0.15, 0.2) is 0 Å². The molecule has 1 aliphatic rings. The van der Waals surface area contributed by atoms with Gasteiger partial charge in [-0.2, -0.15) is 9.97 Å². The van der Waals surface area contributed by atoms with E-state index in [0.29, 0.717) is 40.7 Å². The first-order valence-corrected chi connectivity index (χ1v) is 9.96. The molecule has 0 aliphatic carbocycles. The van der Waals surface area contributed by atoms with Crippen LogP contribution in [-0.2, 0) is 4.74 Å². The minimum Gasteiger partial charge on any atom is -0.447 e. The van der Waals surface area contributed by atoms with E-state index >= 15 is 0 Å². The van der Waals surface area contributed by atoms with Crippen molar-refractivity contribution >= 4 is 29.5 Å². The lowest BCUT2D eigenvalue weighted by Gasteiger charge is -2.23. The number of nitrogens with one attached hydrogen (secondary N) is 1. The summed E-state index contributed by atoms with van der Waals surface area (Å²) in [6.45, 7) is 6.26. The Kier molecular flexibility index (Phi) is 5.54. The molecule has 156 valence electrons. The Labute approximate surface area is 178 Å². The smallest absolute Gasteiger partial charge is 0.415 e. The van der Waals surface area contributed by atoms with E-state index in [1.165, 1.54) is 0 Å². The number of ether oxygens (including phenoxy) is 1. The van der Waals surface area contributed by atoms with Gasteiger partial charge < -0.3 is 14.6 Å². The van der Waals surface area contributed by atoms with Gasteiger partial charge in [0, 0.05) is 11.8 Å². The van der Waals surface area contributed by atoms with Gasteiger partial charge in [0.1, 0.15) is 18.5 Å². The maximum absolute atomic E-state index is 12.2. The molecule has 2 aromatic heterocycles. The maximum Gasteiger partial charge on any atom is 0.415 e. The lowest BCUT2D eigenvalue weighted by Crippen LogP contribution is -2.37.